The summed E-state index contributed by atoms with van der Waals surface area (Å²) in [7, 11) is -3.57. The molecule has 0 aromatic carbocycles. The number of hydrogen-bond acceptors (Lipinski definition) is 3. The minimum atomic E-state index is -3.57. The van der Waals surface area contributed by atoms with E-state index in [1.54, 1.807) is 0 Å². The van der Waals surface area contributed by atoms with Crippen molar-refractivity contribution in [3.63, 3.8) is 0 Å². The highest BCUT2D eigenvalue weighted by atomic mass is 32.2. The Morgan fingerprint density at radius 2 is 1.95 bits per heavy atom. The highest BCUT2D eigenvalue weighted by molar-refractivity contribution is 7.90. The topological polar surface area (TPSA) is 54.5 Å². The van der Waals surface area contributed by atoms with E-state index in [4.69, 9.17) is 0 Å². The minimum Gasteiger partial charge on any atom is -0.258 e. The van der Waals surface area contributed by atoms with Crippen LogP contribution in [0.1, 0.15) is 53.9 Å². The standard InChI is InChI=1S/C16H25NO3S/c1-6-7-8-14(18)17-13(3)16(11-21(17,19)20)10-9-12(2)15(16,4)5/h12-13H,6,9-11H2,1-5H3. The van der Waals surface area contributed by atoms with Crippen molar-refractivity contribution >= 4 is 15.9 Å². The van der Waals surface area contributed by atoms with Crippen molar-refractivity contribution in [3.05, 3.63) is 0 Å². The Hall–Kier alpha value is -1.02. The molecule has 1 saturated heterocycles. The van der Waals surface area contributed by atoms with Gasteiger partial charge in [-0.25, -0.2) is 12.7 Å². The molecule has 21 heavy (non-hydrogen) atoms. The number of nitrogens with zero attached hydrogens (tertiary/aromatic N) is 1. The van der Waals surface area contributed by atoms with E-state index >= 15 is 0 Å². The lowest BCUT2D eigenvalue weighted by molar-refractivity contribution is -0.123. The Labute approximate surface area is 128 Å². The van der Waals surface area contributed by atoms with Crippen molar-refractivity contribution in [2.75, 3.05) is 5.75 Å². The molecule has 2 fully saturated rings. The average Bonchev–Trinajstić information content (AvgIpc) is 2.73. The third kappa shape index (κ3) is 2.19. The van der Waals surface area contributed by atoms with Crippen LogP contribution in [0, 0.1) is 28.6 Å². The molecule has 1 saturated carbocycles. The summed E-state index contributed by atoms with van der Waals surface area (Å²) in [6.07, 6.45) is 2.41. The third-order valence-electron chi connectivity index (χ3n) is 6.00. The van der Waals surface area contributed by atoms with Gasteiger partial charge in [0.1, 0.15) is 0 Å². The summed E-state index contributed by atoms with van der Waals surface area (Å²) in [5.41, 5.74) is -0.457. The molecule has 2 rings (SSSR count). The van der Waals surface area contributed by atoms with Gasteiger partial charge in [-0.15, -0.1) is 0 Å². The molecule has 2 aliphatic rings. The Balaban J connectivity index is 2.47. The van der Waals surface area contributed by atoms with E-state index in [9.17, 15) is 13.2 Å². The van der Waals surface area contributed by atoms with Gasteiger partial charge in [0.15, 0.2) is 0 Å². The van der Waals surface area contributed by atoms with Crippen molar-refractivity contribution in [2.45, 2.75) is 59.9 Å². The van der Waals surface area contributed by atoms with Crippen LogP contribution in [0.4, 0.5) is 0 Å². The summed E-state index contributed by atoms with van der Waals surface area (Å²) in [6.45, 7) is 10.2. The predicted molar refractivity (Wildman–Crippen MR) is 82.8 cm³/mol. The molecule has 3 unspecified atom stereocenters. The highest BCUT2D eigenvalue weighted by Gasteiger charge is 2.65. The number of carbonyl (C=O) groups excluding carboxylic acids is 1. The first-order valence-corrected chi connectivity index (χ1v) is 9.26. The normalized spacial score (nSPS) is 36.5. The second-order valence-electron chi connectivity index (χ2n) is 7.01. The second-order valence-corrected chi connectivity index (χ2v) is 8.85. The molecule has 0 N–H and O–H groups in total. The fourth-order valence-electron chi connectivity index (χ4n) is 4.16. The summed E-state index contributed by atoms with van der Waals surface area (Å²) < 4.78 is 26.2. The largest absolute Gasteiger partial charge is 0.312 e. The molecule has 0 bridgehead atoms. The van der Waals surface area contributed by atoms with Gasteiger partial charge in [-0.3, -0.25) is 4.79 Å². The second kappa shape index (κ2) is 5.01. The van der Waals surface area contributed by atoms with Gasteiger partial charge in [0.2, 0.25) is 10.0 Å². The van der Waals surface area contributed by atoms with Gasteiger partial charge < -0.3 is 0 Å². The van der Waals surface area contributed by atoms with E-state index in [0.29, 0.717) is 12.3 Å². The molecular formula is C16H25NO3S. The van der Waals surface area contributed by atoms with Crippen molar-refractivity contribution < 1.29 is 13.2 Å². The van der Waals surface area contributed by atoms with Gasteiger partial charge in [-0.1, -0.05) is 33.6 Å². The maximum Gasteiger partial charge on any atom is 0.312 e. The summed E-state index contributed by atoms with van der Waals surface area (Å²) in [6, 6.07) is -0.318. The molecule has 1 heterocycles. The zero-order valence-corrected chi connectivity index (χ0v) is 14.4. The summed E-state index contributed by atoms with van der Waals surface area (Å²) >= 11 is 0. The van der Waals surface area contributed by atoms with Crippen LogP contribution in [-0.2, 0) is 14.8 Å². The van der Waals surface area contributed by atoms with Gasteiger partial charge in [0.25, 0.3) is 0 Å². The zero-order valence-electron chi connectivity index (χ0n) is 13.6. The maximum absolute atomic E-state index is 12.6. The van der Waals surface area contributed by atoms with Gasteiger partial charge >= 0.3 is 5.91 Å². The molecule has 5 heteroatoms. The first-order valence-electron chi connectivity index (χ1n) is 7.65. The number of amides is 1. The average molecular weight is 311 g/mol. The van der Waals surface area contributed by atoms with Crippen LogP contribution in [0.25, 0.3) is 0 Å². The molecule has 3 atom stereocenters. The lowest BCUT2D eigenvalue weighted by atomic mass is 9.62. The van der Waals surface area contributed by atoms with Crippen LogP contribution in [-0.4, -0.2) is 30.4 Å². The molecule has 0 radical (unpaired) electrons. The number of carbonyl (C=O) groups is 1. The molecule has 118 valence electrons. The molecule has 1 spiro atoms. The van der Waals surface area contributed by atoms with Crippen LogP contribution < -0.4 is 0 Å². The predicted octanol–water partition coefficient (Wildman–Crippen LogP) is 2.40. The van der Waals surface area contributed by atoms with Crippen molar-refractivity contribution in [2.24, 2.45) is 16.7 Å². The molecule has 1 aliphatic heterocycles. The van der Waals surface area contributed by atoms with Crippen LogP contribution in [0.3, 0.4) is 0 Å². The maximum atomic E-state index is 12.6. The van der Waals surface area contributed by atoms with E-state index in [2.05, 4.69) is 32.6 Å². The van der Waals surface area contributed by atoms with Crippen molar-refractivity contribution in [1.82, 2.24) is 4.31 Å². The fraction of sp³-hybridized carbons (Fsp3) is 0.812. The van der Waals surface area contributed by atoms with Crippen LogP contribution in [0.15, 0.2) is 0 Å². The van der Waals surface area contributed by atoms with Crippen LogP contribution in [0.5, 0.6) is 0 Å². The van der Waals surface area contributed by atoms with E-state index in [1.165, 1.54) is 0 Å². The van der Waals surface area contributed by atoms with Crippen molar-refractivity contribution in [3.8, 4) is 11.8 Å². The fourth-order valence-corrected chi connectivity index (χ4v) is 6.69. The third-order valence-corrected chi connectivity index (χ3v) is 7.96. The Morgan fingerprint density at radius 3 is 2.43 bits per heavy atom. The van der Waals surface area contributed by atoms with Gasteiger partial charge in [-0.2, -0.15) is 0 Å². The van der Waals surface area contributed by atoms with E-state index in [1.807, 2.05) is 13.8 Å². The van der Waals surface area contributed by atoms with Crippen LogP contribution in [0.2, 0.25) is 0 Å². The molecule has 4 nitrogen and oxygen atoms in total. The molecule has 0 aromatic rings. The van der Waals surface area contributed by atoms with Crippen LogP contribution >= 0.6 is 0 Å². The van der Waals surface area contributed by atoms with E-state index in [-0.39, 0.29) is 22.6 Å². The molecule has 1 amide bonds. The molecule has 1 aliphatic carbocycles. The summed E-state index contributed by atoms with van der Waals surface area (Å²) in [4.78, 5) is 12.2. The van der Waals surface area contributed by atoms with E-state index < -0.39 is 15.9 Å². The Morgan fingerprint density at radius 1 is 1.33 bits per heavy atom. The van der Waals surface area contributed by atoms with Gasteiger partial charge in [0, 0.05) is 11.8 Å². The first kappa shape index (κ1) is 16.4. The summed E-state index contributed by atoms with van der Waals surface area (Å²) in [5, 5.41) is 0. The van der Waals surface area contributed by atoms with Gasteiger partial charge in [0.05, 0.1) is 11.8 Å². The first-order chi connectivity index (χ1) is 9.60. The van der Waals surface area contributed by atoms with E-state index in [0.717, 1.165) is 17.1 Å². The number of rotatable bonds is 0. The zero-order chi connectivity index (χ0) is 16.1. The minimum absolute atomic E-state index is 0.0675. The SMILES string of the molecule is CCC#CC(=O)N1C(C)C2(CCC(C)C2(C)C)CS1(=O)=O. The lowest BCUT2D eigenvalue weighted by Crippen LogP contribution is -2.47. The summed E-state index contributed by atoms with van der Waals surface area (Å²) in [5.74, 6) is 5.09. The quantitative estimate of drug-likeness (QED) is 0.646. The number of hydrogen-bond donors (Lipinski definition) is 0. The Bertz CT molecular complexity index is 611. The molecular weight excluding hydrogens is 286 g/mol. The molecule has 0 aromatic heterocycles. The van der Waals surface area contributed by atoms with Gasteiger partial charge in [-0.05, 0) is 37.0 Å². The Kier molecular flexibility index (Phi) is 3.90. The lowest BCUT2D eigenvalue weighted by Gasteiger charge is -2.43. The smallest absolute Gasteiger partial charge is 0.258 e. The highest BCUT2D eigenvalue weighted by Crippen LogP contribution is 2.62. The number of sulfonamides is 1. The van der Waals surface area contributed by atoms with Crippen molar-refractivity contribution in [1.29, 1.82) is 0 Å². The monoisotopic (exact) mass is 311 g/mol.